The van der Waals surface area contributed by atoms with E-state index < -0.39 is 0 Å². The van der Waals surface area contributed by atoms with Crippen molar-refractivity contribution in [1.29, 1.82) is 0 Å². The minimum Gasteiger partial charge on any atom is -0.484 e. The van der Waals surface area contributed by atoms with Crippen molar-refractivity contribution in [3.8, 4) is 15.8 Å². The number of nitrogens with zero attached hydrogens (tertiary/aromatic N) is 2. The van der Waals surface area contributed by atoms with Crippen LogP contribution in [0.3, 0.4) is 0 Å². The van der Waals surface area contributed by atoms with Crippen molar-refractivity contribution in [2.75, 3.05) is 6.61 Å². The van der Waals surface area contributed by atoms with Gasteiger partial charge in [-0.2, -0.15) is 0 Å². The number of ether oxygens (including phenoxy) is 1. The fraction of sp³-hybridized carbons (Fsp3) is 0.600. The van der Waals surface area contributed by atoms with Gasteiger partial charge in [-0.25, -0.2) is 9.97 Å². The summed E-state index contributed by atoms with van der Waals surface area (Å²) in [6.45, 7) is 5.34. The maximum Gasteiger partial charge on any atom is 0.175 e. The average molecular weight is 445 g/mol. The fourth-order valence-electron chi connectivity index (χ4n) is 3.59. The predicted octanol–water partition coefficient (Wildman–Crippen LogP) is 8.67. The van der Waals surface area contributed by atoms with Crippen LogP contribution in [-0.2, 0) is 6.42 Å². The summed E-state index contributed by atoms with van der Waals surface area (Å²) in [5.74, 6) is 0.840. The van der Waals surface area contributed by atoms with Gasteiger partial charge < -0.3 is 4.74 Å². The second kappa shape index (κ2) is 13.1. The molecule has 0 aliphatic heterocycles. The first-order valence-electron chi connectivity index (χ1n) is 11.8. The average Bonchev–Trinajstić information content (AvgIpc) is 3.32. The van der Waals surface area contributed by atoms with E-state index in [9.17, 15) is 0 Å². The highest BCUT2D eigenvalue weighted by molar-refractivity contribution is 7.30. The minimum atomic E-state index is 0.829. The van der Waals surface area contributed by atoms with Gasteiger partial charge in [-0.3, -0.25) is 0 Å². The van der Waals surface area contributed by atoms with Gasteiger partial charge in [0, 0.05) is 27.9 Å². The molecule has 0 saturated carbocycles. The van der Waals surface area contributed by atoms with Crippen molar-refractivity contribution < 1.29 is 4.74 Å². The van der Waals surface area contributed by atoms with Crippen LogP contribution in [0.15, 0.2) is 24.5 Å². The van der Waals surface area contributed by atoms with Crippen LogP contribution in [0, 0.1) is 0 Å². The molecule has 0 bridgehead atoms. The summed E-state index contributed by atoms with van der Waals surface area (Å²) >= 11 is 3.50. The summed E-state index contributed by atoms with van der Waals surface area (Å²) < 4.78 is 8.52. The molecular weight excluding hydrogens is 408 g/mol. The first-order chi connectivity index (χ1) is 14.8. The summed E-state index contributed by atoms with van der Waals surface area (Å²) in [5.41, 5.74) is 1.25. The normalized spacial score (nSPS) is 11.4. The lowest BCUT2D eigenvalue weighted by Crippen LogP contribution is -1.95. The van der Waals surface area contributed by atoms with Gasteiger partial charge in [0.25, 0.3) is 0 Å². The van der Waals surface area contributed by atoms with E-state index in [-0.39, 0.29) is 0 Å². The zero-order valence-corrected chi connectivity index (χ0v) is 20.3. The lowest BCUT2D eigenvalue weighted by molar-refractivity contribution is 0.313. The molecule has 164 valence electrons. The van der Waals surface area contributed by atoms with E-state index in [0.29, 0.717) is 0 Å². The topological polar surface area (TPSA) is 35.0 Å². The van der Waals surface area contributed by atoms with Gasteiger partial charge >= 0.3 is 0 Å². The van der Waals surface area contributed by atoms with Gasteiger partial charge in [0.15, 0.2) is 10.9 Å². The summed E-state index contributed by atoms with van der Waals surface area (Å²) in [5, 5.41) is 1.04. The van der Waals surface area contributed by atoms with Gasteiger partial charge in [0.2, 0.25) is 0 Å². The molecule has 0 radical (unpaired) electrons. The number of hydrogen-bond acceptors (Lipinski definition) is 5. The van der Waals surface area contributed by atoms with E-state index in [2.05, 4.69) is 35.9 Å². The molecule has 30 heavy (non-hydrogen) atoms. The molecular formula is C25H36N2OS2. The molecule has 0 aromatic carbocycles. The summed E-state index contributed by atoms with van der Waals surface area (Å²) in [4.78, 5) is 10.4. The Morgan fingerprint density at radius 1 is 0.733 bits per heavy atom. The fourth-order valence-corrected chi connectivity index (χ4v) is 5.80. The highest BCUT2D eigenvalue weighted by atomic mass is 32.1. The Kier molecular flexibility index (Phi) is 10.1. The van der Waals surface area contributed by atoms with E-state index in [1.165, 1.54) is 79.2 Å². The lowest BCUT2D eigenvalue weighted by atomic mass is 10.1. The van der Waals surface area contributed by atoms with Crippen LogP contribution in [0.4, 0.5) is 0 Å². The van der Waals surface area contributed by atoms with Gasteiger partial charge in [0.1, 0.15) is 0 Å². The van der Waals surface area contributed by atoms with Gasteiger partial charge in [0.05, 0.1) is 11.5 Å². The van der Waals surface area contributed by atoms with Crippen LogP contribution in [0.25, 0.3) is 20.1 Å². The van der Waals surface area contributed by atoms with Gasteiger partial charge in [-0.05, 0) is 30.9 Å². The number of aryl methyl sites for hydroxylation is 1. The van der Waals surface area contributed by atoms with E-state index in [0.717, 1.165) is 35.2 Å². The Balaban J connectivity index is 1.45. The van der Waals surface area contributed by atoms with Crippen LogP contribution < -0.4 is 4.74 Å². The quantitative estimate of drug-likeness (QED) is 0.220. The first kappa shape index (κ1) is 23.2. The summed E-state index contributed by atoms with van der Waals surface area (Å²) in [6.07, 6.45) is 19.4. The number of fused-ring (bicyclic) bond motifs is 1. The second-order valence-corrected chi connectivity index (χ2v) is 10.2. The molecule has 3 nitrogen and oxygen atoms in total. The van der Waals surface area contributed by atoms with E-state index in [4.69, 9.17) is 4.74 Å². The van der Waals surface area contributed by atoms with Crippen LogP contribution in [0.2, 0.25) is 0 Å². The Morgan fingerprint density at radius 2 is 1.37 bits per heavy atom. The van der Waals surface area contributed by atoms with Crippen molar-refractivity contribution in [3.05, 3.63) is 30.1 Å². The molecule has 5 heteroatoms. The van der Waals surface area contributed by atoms with Crippen LogP contribution in [0.5, 0.6) is 5.06 Å². The highest BCUT2D eigenvalue weighted by Gasteiger charge is 2.11. The zero-order valence-electron chi connectivity index (χ0n) is 18.6. The molecule has 3 aromatic rings. The molecule has 3 heterocycles. The van der Waals surface area contributed by atoms with E-state index >= 15 is 0 Å². The van der Waals surface area contributed by atoms with Crippen molar-refractivity contribution in [2.45, 2.75) is 90.9 Å². The monoisotopic (exact) mass is 444 g/mol. The third kappa shape index (κ3) is 7.35. The first-order valence-corrected chi connectivity index (χ1v) is 13.4. The highest BCUT2D eigenvalue weighted by Crippen LogP contribution is 2.40. The Bertz CT molecular complexity index is 822. The number of hydrogen-bond donors (Lipinski definition) is 0. The summed E-state index contributed by atoms with van der Waals surface area (Å²) in [7, 11) is 0. The van der Waals surface area contributed by atoms with Gasteiger partial charge in [-0.1, -0.05) is 83.0 Å². The molecule has 0 spiro atoms. The van der Waals surface area contributed by atoms with E-state index in [1.807, 2.05) is 12.4 Å². The van der Waals surface area contributed by atoms with Crippen LogP contribution in [0.1, 0.15) is 90.0 Å². The Labute approximate surface area is 189 Å². The standard InChI is InChI=1S/C25H36N2OS2/c1-3-5-7-9-11-13-15-28-24-17-22-21(30-24)16-23(29-22)25-26-18-20(19-27-25)14-12-10-8-6-4-2/h16-19H,3-15H2,1-2H3. The zero-order chi connectivity index (χ0) is 21.0. The molecule has 3 rings (SSSR count). The van der Waals surface area contributed by atoms with Crippen molar-refractivity contribution in [3.63, 3.8) is 0 Å². The molecule has 0 saturated heterocycles. The molecule has 0 N–H and O–H groups in total. The third-order valence-corrected chi connectivity index (χ3v) is 7.62. The molecule has 0 fully saturated rings. The number of rotatable bonds is 15. The SMILES string of the molecule is CCCCCCCCOc1cc2sc(-c3ncc(CCCCCCC)cn3)cc2s1. The predicted molar refractivity (Wildman–Crippen MR) is 132 cm³/mol. The maximum atomic E-state index is 5.97. The van der Waals surface area contributed by atoms with Crippen molar-refractivity contribution in [2.24, 2.45) is 0 Å². The maximum absolute atomic E-state index is 5.97. The number of aromatic nitrogens is 2. The minimum absolute atomic E-state index is 0.829. The van der Waals surface area contributed by atoms with Gasteiger partial charge in [-0.15, -0.1) is 11.3 Å². The van der Waals surface area contributed by atoms with Crippen LogP contribution in [-0.4, -0.2) is 16.6 Å². The Hall–Kier alpha value is -1.46. The number of unbranched alkanes of at least 4 members (excludes halogenated alkanes) is 9. The molecule has 3 aromatic heterocycles. The van der Waals surface area contributed by atoms with Crippen molar-refractivity contribution >= 4 is 32.1 Å². The largest absolute Gasteiger partial charge is 0.484 e. The Morgan fingerprint density at radius 3 is 2.07 bits per heavy atom. The molecule has 0 aliphatic carbocycles. The third-order valence-electron chi connectivity index (χ3n) is 5.42. The molecule has 0 aliphatic rings. The number of thiophene rings is 2. The summed E-state index contributed by atoms with van der Waals surface area (Å²) in [6, 6.07) is 4.39. The molecule has 0 atom stereocenters. The molecule has 0 unspecified atom stereocenters. The lowest BCUT2D eigenvalue weighted by Gasteiger charge is -2.03. The smallest absolute Gasteiger partial charge is 0.175 e. The second-order valence-electron chi connectivity index (χ2n) is 8.10. The van der Waals surface area contributed by atoms with Crippen molar-refractivity contribution in [1.82, 2.24) is 9.97 Å². The van der Waals surface area contributed by atoms with Crippen LogP contribution >= 0.6 is 22.7 Å². The molecule has 0 amide bonds. The van der Waals surface area contributed by atoms with E-state index in [1.54, 1.807) is 22.7 Å².